The molecule has 154 valence electrons. The van der Waals surface area contributed by atoms with Gasteiger partial charge in [-0.15, -0.1) is 0 Å². The summed E-state index contributed by atoms with van der Waals surface area (Å²) in [6.07, 6.45) is -2.32. The SMILES string of the molecule is Cc1nn(C)cc1CN1CCN(C(=O)CCn2nc(C(F)(F)F)cc2C)CC1. The Morgan fingerprint density at radius 1 is 1.14 bits per heavy atom. The number of carbonyl (C=O) groups is 1. The molecular formula is C18H25F3N6O. The highest BCUT2D eigenvalue weighted by Gasteiger charge is 2.34. The third-order valence-electron chi connectivity index (χ3n) is 5.04. The number of carbonyl (C=O) groups excluding carboxylic acids is 1. The molecule has 3 rings (SSSR count). The predicted octanol–water partition coefficient (Wildman–Crippen LogP) is 1.99. The number of amides is 1. The minimum atomic E-state index is -4.47. The first-order valence-electron chi connectivity index (χ1n) is 9.24. The summed E-state index contributed by atoms with van der Waals surface area (Å²) in [6, 6.07) is 1.00. The van der Waals surface area contributed by atoms with Crippen LogP contribution in [0, 0.1) is 13.8 Å². The molecule has 2 aromatic rings. The van der Waals surface area contributed by atoms with E-state index < -0.39 is 11.9 Å². The fraction of sp³-hybridized carbons (Fsp3) is 0.611. The lowest BCUT2D eigenvalue weighted by Gasteiger charge is -2.34. The van der Waals surface area contributed by atoms with Crippen LogP contribution in [0.25, 0.3) is 0 Å². The van der Waals surface area contributed by atoms with Gasteiger partial charge in [-0.25, -0.2) is 0 Å². The molecule has 10 heteroatoms. The Morgan fingerprint density at radius 3 is 2.36 bits per heavy atom. The molecule has 1 amide bonds. The van der Waals surface area contributed by atoms with Crippen LogP contribution in [-0.4, -0.2) is 61.4 Å². The van der Waals surface area contributed by atoms with Crippen molar-refractivity contribution in [3.63, 3.8) is 0 Å². The first kappa shape index (κ1) is 20.4. The van der Waals surface area contributed by atoms with Crippen molar-refractivity contribution >= 4 is 5.91 Å². The molecule has 0 unspecified atom stereocenters. The van der Waals surface area contributed by atoms with E-state index in [4.69, 9.17) is 0 Å². The number of hydrogen-bond acceptors (Lipinski definition) is 4. The molecule has 2 aromatic heterocycles. The van der Waals surface area contributed by atoms with E-state index in [1.54, 1.807) is 16.5 Å². The van der Waals surface area contributed by atoms with Crippen LogP contribution in [-0.2, 0) is 31.1 Å². The van der Waals surface area contributed by atoms with Crippen molar-refractivity contribution in [1.29, 1.82) is 0 Å². The lowest BCUT2D eigenvalue weighted by atomic mass is 10.2. The summed E-state index contributed by atoms with van der Waals surface area (Å²) in [6.45, 7) is 7.25. The highest BCUT2D eigenvalue weighted by Crippen LogP contribution is 2.28. The van der Waals surface area contributed by atoms with Crippen LogP contribution < -0.4 is 0 Å². The quantitative estimate of drug-likeness (QED) is 0.773. The Kier molecular flexibility index (Phi) is 5.78. The van der Waals surface area contributed by atoms with Gasteiger partial charge in [-0.2, -0.15) is 23.4 Å². The number of hydrogen-bond donors (Lipinski definition) is 0. The first-order chi connectivity index (χ1) is 13.1. The summed E-state index contributed by atoms with van der Waals surface area (Å²) < 4.78 is 41.2. The number of nitrogens with zero attached hydrogens (tertiary/aromatic N) is 6. The van der Waals surface area contributed by atoms with Gasteiger partial charge in [0.15, 0.2) is 5.69 Å². The van der Waals surface area contributed by atoms with Gasteiger partial charge in [-0.3, -0.25) is 19.1 Å². The maximum atomic E-state index is 12.7. The van der Waals surface area contributed by atoms with Crippen LogP contribution in [0.15, 0.2) is 12.3 Å². The van der Waals surface area contributed by atoms with Crippen molar-refractivity contribution in [3.05, 3.63) is 34.9 Å². The molecule has 0 aliphatic carbocycles. The minimum Gasteiger partial charge on any atom is -0.340 e. The van der Waals surface area contributed by atoms with E-state index in [-0.39, 0.29) is 18.9 Å². The maximum Gasteiger partial charge on any atom is 0.435 e. The number of rotatable bonds is 5. The van der Waals surface area contributed by atoms with Gasteiger partial charge in [0.2, 0.25) is 5.91 Å². The molecule has 0 spiro atoms. The summed E-state index contributed by atoms with van der Waals surface area (Å²) in [5.74, 6) is -0.0549. The van der Waals surface area contributed by atoms with Crippen LogP contribution in [0.1, 0.15) is 29.1 Å². The molecule has 1 saturated heterocycles. The predicted molar refractivity (Wildman–Crippen MR) is 96.4 cm³/mol. The third-order valence-corrected chi connectivity index (χ3v) is 5.04. The average Bonchev–Trinajstić information content (AvgIpc) is 3.15. The maximum absolute atomic E-state index is 12.7. The van der Waals surface area contributed by atoms with Gasteiger partial charge >= 0.3 is 6.18 Å². The van der Waals surface area contributed by atoms with Gasteiger partial charge in [0.1, 0.15) is 0 Å². The number of halogens is 3. The van der Waals surface area contributed by atoms with Crippen LogP contribution in [0.4, 0.5) is 13.2 Å². The smallest absolute Gasteiger partial charge is 0.340 e. The Labute approximate surface area is 161 Å². The molecule has 0 aromatic carbocycles. The normalized spacial score (nSPS) is 16.0. The lowest BCUT2D eigenvalue weighted by molar-refractivity contribution is -0.141. The van der Waals surface area contributed by atoms with Gasteiger partial charge in [-0.05, 0) is 19.9 Å². The second-order valence-electron chi connectivity index (χ2n) is 7.21. The Bertz CT molecular complexity index is 833. The lowest BCUT2D eigenvalue weighted by Crippen LogP contribution is -2.48. The summed E-state index contributed by atoms with van der Waals surface area (Å²) in [5, 5.41) is 7.92. The van der Waals surface area contributed by atoms with Crippen molar-refractivity contribution in [1.82, 2.24) is 29.4 Å². The molecule has 1 aliphatic rings. The zero-order chi connectivity index (χ0) is 20.5. The van der Waals surface area contributed by atoms with Crippen molar-refractivity contribution in [2.45, 2.75) is 39.5 Å². The van der Waals surface area contributed by atoms with Crippen LogP contribution in [0.2, 0.25) is 0 Å². The number of aromatic nitrogens is 4. The van der Waals surface area contributed by atoms with Gasteiger partial charge < -0.3 is 4.90 Å². The van der Waals surface area contributed by atoms with Crippen LogP contribution >= 0.6 is 0 Å². The fourth-order valence-corrected chi connectivity index (χ4v) is 3.43. The molecule has 28 heavy (non-hydrogen) atoms. The summed E-state index contributed by atoms with van der Waals surface area (Å²) in [4.78, 5) is 16.5. The Morgan fingerprint density at radius 2 is 1.82 bits per heavy atom. The van der Waals surface area contributed by atoms with Gasteiger partial charge in [0, 0.05) is 70.2 Å². The summed E-state index contributed by atoms with van der Waals surface area (Å²) in [5.41, 5.74) is 1.67. The second kappa shape index (κ2) is 7.94. The zero-order valence-corrected chi connectivity index (χ0v) is 16.3. The number of alkyl halides is 3. The molecule has 1 aliphatic heterocycles. The fourth-order valence-electron chi connectivity index (χ4n) is 3.43. The van der Waals surface area contributed by atoms with Crippen LogP contribution in [0.3, 0.4) is 0 Å². The van der Waals surface area contributed by atoms with Crippen molar-refractivity contribution in [2.75, 3.05) is 26.2 Å². The van der Waals surface area contributed by atoms with Crippen molar-refractivity contribution < 1.29 is 18.0 Å². The van der Waals surface area contributed by atoms with E-state index in [0.717, 1.165) is 31.4 Å². The van der Waals surface area contributed by atoms with Gasteiger partial charge in [0.05, 0.1) is 5.69 Å². The first-order valence-corrected chi connectivity index (χ1v) is 9.24. The Balaban J connectivity index is 1.48. The van der Waals surface area contributed by atoms with E-state index in [1.807, 2.05) is 20.2 Å². The van der Waals surface area contributed by atoms with Crippen molar-refractivity contribution in [3.8, 4) is 0 Å². The summed E-state index contributed by atoms with van der Waals surface area (Å²) in [7, 11) is 1.89. The molecule has 0 atom stereocenters. The molecule has 1 fully saturated rings. The van der Waals surface area contributed by atoms with Crippen LogP contribution in [0.5, 0.6) is 0 Å². The molecular weight excluding hydrogens is 373 g/mol. The second-order valence-corrected chi connectivity index (χ2v) is 7.21. The molecule has 0 N–H and O–H groups in total. The van der Waals surface area contributed by atoms with E-state index in [0.29, 0.717) is 18.8 Å². The number of piperazine rings is 1. The molecule has 0 saturated carbocycles. The molecule has 0 radical (unpaired) electrons. The largest absolute Gasteiger partial charge is 0.435 e. The monoisotopic (exact) mass is 398 g/mol. The van der Waals surface area contributed by atoms with E-state index in [1.165, 1.54) is 10.2 Å². The highest BCUT2D eigenvalue weighted by molar-refractivity contribution is 5.76. The van der Waals surface area contributed by atoms with Gasteiger partial charge in [0.25, 0.3) is 0 Å². The zero-order valence-electron chi connectivity index (χ0n) is 16.3. The summed E-state index contributed by atoms with van der Waals surface area (Å²) >= 11 is 0. The molecule has 0 bridgehead atoms. The third kappa shape index (κ3) is 4.73. The van der Waals surface area contributed by atoms with E-state index in [2.05, 4.69) is 15.1 Å². The average molecular weight is 398 g/mol. The molecule has 3 heterocycles. The van der Waals surface area contributed by atoms with E-state index >= 15 is 0 Å². The van der Waals surface area contributed by atoms with E-state index in [9.17, 15) is 18.0 Å². The van der Waals surface area contributed by atoms with Gasteiger partial charge in [-0.1, -0.05) is 0 Å². The Hall–Kier alpha value is -2.36. The molecule has 7 nitrogen and oxygen atoms in total. The standard InChI is InChI=1S/C18H25F3N6O/c1-13-10-16(18(19,20)21)23-27(13)5-4-17(28)26-8-6-25(7-9-26)12-15-11-24(3)22-14(15)2/h10-11H,4-9,12H2,1-3H3. The minimum absolute atomic E-state index is 0.0549. The number of aryl methyl sites for hydroxylation is 4. The highest BCUT2D eigenvalue weighted by atomic mass is 19.4. The van der Waals surface area contributed by atoms with Crippen molar-refractivity contribution in [2.24, 2.45) is 7.05 Å². The topological polar surface area (TPSA) is 59.2 Å².